The second kappa shape index (κ2) is 8.41. The molecular formula is C18H24N2O5. The van der Waals surface area contributed by atoms with Gasteiger partial charge in [0.05, 0.1) is 32.4 Å². The molecule has 136 valence electrons. The predicted octanol–water partition coefficient (Wildman–Crippen LogP) is 2.68. The van der Waals surface area contributed by atoms with E-state index in [1.807, 2.05) is 6.92 Å². The number of nitrogens with one attached hydrogen (secondary N) is 2. The van der Waals surface area contributed by atoms with Crippen molar-refractivity contribution in [1.82, 2.24) is 10.6 Å². The SMILES string of the molecule is CCCC1=C(C(=O)OCC)[C@@H](c2cc(OC)ccc2OC)NC(=O)N1. The van der Waals surface area contributed by atoms with Crippen molar-refractivity contribution in [1.29, 1.82) is 0 Å². The number of carbonyl (C=O) groups excluding carboxylic acids is 2. The largest absolute Gasteiger partial charge is 0.497 e. The minimum atomic E-state index is -0.681. The van der Waals surface area contributed by atoms with Gasteiger partial charge < -0.3 is 24.8 Å². The number of allylic oxidation sites excluding steroid dienone is 1. The van der Waals surface area contributed by atoms with E-state index in [0.29, 0.717) is 34.8 Å². The number of carbonyl (C=O) groups is 2. The number of amides is 2. The average molecular weight is 348 g/mol. The summed E-state index contributed by atoms with van der Waals surface area (Å²) in [5.74, 6) is 0.683. The Labute approximate surface area is 147 Å². The van der Waals surface area contributed by atoms with Gasteiger partial charge in [-0.05, 0) is 31.5 Å². The van der Waals surface area contributed by atoms with Crippen LogP contribution in [-0.4, -0.2) is 32.8 Å². The number of ether oxygens (including phenoxy) is 3. The zero-order valence-corrected chi connectivity index (χ0v) is 15.0. The molecule has 0 bridgehead atoms. The van der Waals surface area contributed by atoms with Crippen molar-refractivity contribution in [2.45, 2.75) is 32.7 Å². The van der Waals surface area contributed by atoms with Crippen LogP contribution in [0.5, 0.6) is 11.5 Å². The maximum Gasteiger partial charge on any atom is 0.338 e. The molecule has 1 heterocycles. The molecule has 2 rings (SSSR count). The van der Waals surface area contributed by atoms with E-state index in [2.05, 4.69) is 10.6 Å². The molecule has 1 aromatic rings. The van der Waals surface area contributed by atoms with Crippen molar-refractivity contribution in [3.05, 3.63) is 35.0 Å². The molecule has 1 aromatic carbocycles. The van der Waals surface area contributed by atoms with E-state index in [1.54, 1.807) is 32.2 Å². The lowest BCUT2D eigenvalue weighted by molar-refractivity contribution is -0.139. The second-order valence-electron chi connectivity index (χ2n) is 5.50. The maximum absolute atomic E-state index is 12.6. The first-order valence-corrected chi connectivity index (χ1v) is 8.25. The topological polar surface area (TPSA) is 85.9 Å². The van der Waals surface area contributed by atoms with Crippen LogP contribution in [0.15, 0.2) is 29.5 Å². The fraction of sp³-hybridized carbons (Fsp3) is 0.444. The Morgan fingerprint density at radius 2 is 1.96 bits per heavy atom. The molecule has 7 heteroatoms. The van der Waals surface area contributed by atoms with Gasteiger partial charge in [0.2, 0.25) is 0 Å². The first kappa shape index (κ1) is 18.6. The van der Waals surface area contributed by atoms with E-state index in [-0.39, 0.29) is 12.6 Å². The van der Waals surface area contributed by atoms with Crippen LogP contribution in [0.3, 0.4) is 0 Å². The summed E-state index contributed by atoms with van der Waals surface area (Å²) in [6.45, 7) is 3.97. The van der Waals surface area contributed by atoms with Crippen molar-refractivity contribution >= 4 is 12.0 Å². The van der Waals surface area contributed by atoms with Gasteiger partial charge in [0.1, 0.15) is 11.5 Å². The Kier molecular flexibility index (Phi) is 6.27. The third-order valence-corrected chi connectivity index (χ3v) is 3.90. The first-order chi connectivity index (χ1) is 12.0. The molecule has 1 aliphatic rings. The summed E-state index contributed by atoms with van der Waals surface area (Å²) in [5.41, 5.74) is 1.59. The molecule has 0 aliphatic carbocycles. The smallest absolute Gasteiger partial charge is 0.338 e. The number of methoxy groups -OCH3 is 2. The Hall–Kier alpha value is -2.70. The van der Waals surface area contributed by atoms with Crippen molar-refractivity contribution in [2.24, 2.45) is 0 Å². The van der Waals surface area contributed by atoms with E-state index in [4.69, 9.17) is 14.2 Å². The molecule has 0 saturated heterocycles. The van der Waals surface area contributed by atoms with E-state index in [0.717, 1.165) is 6.42 Å². The molecule has 0 spiro atoms. The number of hydrogen-bond acceptors (Lipinski definition) is 5. The molecule has 0 saturated carbocycles. The van der Waals surface area contributed by atoms with Crippen molar-refractivity contribution in [3.8, 4) is 11.5 Å². The summed E-state index contributed by atoms with van der Waals surface area (Å²) in [4.78, 5) is 24.7. The van der Waals surface area contributed by atoms with Crippen LogP contribution in [0.2, 0.25) is 0 Å². The third kappa shape index (κ3) is 4.04. The van der Waals surface area contributed by atoms with Crippen LogP contribution in [0, 0.1) is 0 Å². The molecule has 0 aromatic heterocycles. The van der Waals surface area contributed by atoms with E-state index < -0.39 is 12.0 Å². The third-order valence-electron chi connectivity index (χ3n) is 3.90. The van der Waals surface area contributed by atoms with Gasteiger partial charge in [0, 0.05) is 11.3 Å². The summed E-state index contributed by atoms with van der Waals surface area (Å²) in [7, 11) is 3.09. The molecule has 1 atom stereocenters. The lowest BCUT2D eigenvalue weighted by Gasteiger charge is -2.30. The highest BCUT2D eigenvalue weighted by atomic mass is 16.5. The Bertz CT molecular complexity index is 684. The molecule has 0 radical (unpaired) electrons. The standard InChI is InChI=1S/C18H24N2O5/c1-5-7-13-15(17(21)25-6-2)16(20-18(22)19-13)12-10-11(23-3)8-9-14(12)24-4/h8-10,16H,5-7H2,1-4H3,(H2,19,20,22)/t16-/m1/s1. The quantitative estimate of drug-likeness (QED) is 0.740. The van der Waals surface area contributed by atoms with Gasteiger partial charge in [0.25, 0.3) is 0 Å². The Balaban J connectivity index is 2.60. The van der Waals surface area contributed by atoms with Crippen molar-refractivity contribution in [2.75, 3.05) is 20.8 Å². The molecular weight excluding hydrogens is 324 g/mol. The zero-order valence-electron chi connectivity index (χ0n) is 15.0. The summed E-state index contributed by atoms with van der Waals surface area (Å²) >= 11 is 0. The van der Waals surface area contributed by atoms with Crippen LogP contribution in [0.25, 0.3) is 0 Å². The molecule has 0 fully saturated rings. The lowest BCUT2D eigenvalue weighted by Crippen LogP contribution is -2.46. The highest BCUT2D eigenvalue weighted by molar-refractivity contribution is 5.95. The van der Waals surface area contributed by atoms with Crippen LogP contribution in [0.4, 0.5) is 4.79 Å². The van der Waals surface area contributed by atoms with Gasteiger partial charge in [-0.1, -0.05) is 13.3 Å². The minimum absolute atomic E-state index is 0.248. The number of esters is 1. The molecule has 0 unspecified atom stereocenters. The molecule has 2 N–H and O–H groups in total. The molecule has 1 aliphatic heterocycles. The van der Waals surface area contributed by atoms with Crippen LogP contribution >= 0.6 is 0 Å². The van der Waals surface area contributed by atoms with Crippen LogP contribution in [0.1, 0.15) is 38.3 Å². The van der Waals surface area contributed by atoms with Gasteiger partial charge in [-0.15, -0.1) is 0 Å². The van der Waals surface area contributed by atoms with Crippen LogP contribution < -0.4 is 20.1 Å². The summed E-state index contributed by atoms with van der Waals surface area (Å²) in [5, 5.41) is 5.52. The van der Waals surface area contributed by atoms with Gasteiger partial charge >= 0.3 is 12.0 Å². The summed E-state index contributed by atoms with van der Waals surface area (Å²) < 4.78 is 15.9. The lowest BCUT2D eigenvalue weighted by atomic mass is 9.93. The predicted molar refractivity (Wildman–Crippen MR) is 92.5 cm³/mol. The number of rotatable bonds is 7. The van der Waals surface area contributed by atoms with Crippen molar-refractivity contribution < 1.29 is 23.8 Å². The van der Waals surface area contributed by atoms with E-state index >= 15 is 0 Å². The second-order valence-corrected chi connectivity index (χ2v) is 5.50. The highest BCUT2D eigenvalue weighted by Crippen LogP contribution is 2.36. The van der Waals surface area contributed by atoms with Gasteiger partial charge in [-0.3, -0.25) is 0 Å². The number of urea groups is 1. The fourth-order valence-electron chi connectivity index (χ4n) is 2.81. The summed E-state index contributed by atoms with van der Waals surface area (Å²) in [6, 6.07) is 4.19. The molecule has 25 heavy (non-hydrogen) atoms. The molecule has 7 nitrogen and oxygen atoms in total. The normalized spacial score (nSPS) is 16.8. The van der Waals surface area contributed by atoms with Crippen molar-refractivity contribution in [3.63, 3.8) is 0 Å². The Morgan fingerprint density at radius 1 is 1.20 bits per heavy atom. The van der Waals surface area contributed by atoms with E-state index in [9.17, 15) is 9.59 Å². The number of hydrogen-bond donors (Lipinski definition) is 2. The fourth-order valence-corrected chi connectivity index (χ4v) is 2.81. The van der Waals surface area contributed by atoms with Gasteiger partial charge in [-0.25, -0.2) is 9.59 Å². The zero-order chi connectivity index (χ0) is 18.4. The monoisotopic (exact) mass is 348 g/mol. The Morgan fingerprint density at radius 3 is 2.56 bits per heavy atom. The van der Waals surface area contributed by atoms with E-state index in [1.165, 1.54) is 7.11 Å². The van der Waals surface area contributed by atoms with Crippen LogP contribution in [-0.2, 0) is 9.53 Å². The first-order valence-electron chi connectivity index (χ1n) is 8.25. The van der Waals surface area contributed by atoms with Gasteiger partial charge in [-0.2, -0.15) is 0 Å². The van der Waals surface area contributed by atoms with Gasteiger partial charge in [0.15, 0.2) is 0 Å². The average Bonchev–Trinajstić information content (AvgIpc) is 2.61. The number of benzene rings is 1. The minimum Gasteiger partial charge on any atom is -0.497 e. The summed E-state index contributed by atoms with van der Waals surface area (Å²) in [6.07, 6.45) is 1.34. The maximum atomic E-state index is 12.6. The molecule has 2 amide bonds. The highest BCUT2D eigenvalue weighted by Gasteiger charge is 2.35.